The zero-order valence-corrected chi connectivity index (χ0v) is 19.5. The third kappa shape index (κ3) is 147. The minimum atomic E-state index is -2.19. The first-order valence-corrected chi connectivity index (χ1v) is 4.27. The van der Waals surface area contributed by atoms with Gasteiger partial charge in [0.1, 0.15) is 0 Å². The highest BCUT2D eigenvalue weighted by Crippen LogP contribution is 1.42. The quantitative estimate of drug-likeness (QED) is 0.134. The molecule has 26 nitrogen and oxygen atoms in total. The van der Waals surface area contributed by atoms with Crippen molar-refractivity contribution in [2.24, 2.45) is 0 Å². The highest BCUT2D eigenvalue weighted by Gasteiger charge is 1.76. The van der Waals surface area contributed by atoms with Crippen LogP contribution < -0.4 is 90.1 Å². The number of hydrogen-bond acceptors (Lipinski definition) is 16. The van der Waals surface area contributed by atoms with Crippen LogP contribution >= 0.6 is 0 Å². The largest absolute Gasteiger partial charge is 0.543 e. The number of carboxylic acids is 8. The zero-order chi connectivity index (χ0) is 20.6. The molecule has 0 saturated heterocycles. The Morgan fingerprint density at radius 1 is 0.235 bits per heavy atom. The molecular weight excluding hydrogens is 496 g/mol. The van der Waals surface area contributed by atoms with E-state index in [0.717, 1.165) is 0 Å². The molecule has 0 unspecified atom stereocenters. The topological polar surface area (TPSA) is 676 Å². The molecule has 0 heterocycles. The molecular formula is C8H36N8O18. The van der Waals surface area contributed by atoms with E-state index in [9.17, 15) is 0 Å². The maximum Gasteiger partial charge on any atom is 0.0870 e. The Hall–Kier alpha value is -4.64. The van der Waals surface area contributed by atoms with E-state index in [-0.39, 0.29) is 60.2 Å². The van der Waals surface area contributed by atoms with Gasteiger partial charge in [-0.1, -0.05) is 0 Å². The Morgan fingerprint density at radius 3 is 0.265 bits per heavy atom. The van der Waals surface area contributed by atoms with Crippen LogP contribution in [-0.2, 0) is 38.4 Å². The summed E-state index contributed by atoms with van der Waals surface area (Å²) in [6.07, 6.45) is 0. The number of aliphatic carboxylic acids is 8. The molecule has 0 saturated carbocycles. The van der Waals surface area contributed by atoms with Crippen LogP contribution in [0.1, 0.15) is 0 Å². The van der Waals surface area contributed by atoms with Gasteiger partial charge in [0.25, 0.3) is 0 Å². The van der Waals surface area contributed by atoms with Crippen molar-refractivity contribution < 1.29 is 90.2 Å². The van der Waals surface area contributed by atoms with Crippen molar-refractivity contribution in [1.82, 2.24) is 49.2 Å². The minimum absolute atomic E-state index is 0. The average Bonchev–Trinajstić information content (AvgIpc) is 2.40. The van der Waals surface area contributed by atoms with Crippen LogP contribution in [-0.4, -0.2) is 58.7 Å². The van der Waals surface area contributed by atoms with E-state index < -0.39 is 47.8 Å². The molecule has 26 heteroatoms. The predicted molar refractivity (Wildman–Crippen MR) is 95.2 cm³/mol. The fraction of sp³-hybridized carbons (Fsp3) is 0. The molecule has 0 rings (SSSR count). The van der Waals surface area contributed by atoms with Crippen molar-refractivity contribution in [2.45, 2.75) is 0 Å². The van der Waals surface area contributed by atoms with Crippen LogP contribution in [0, 0.1) is 0 Å². The summed E-state index contributed by atoms with van der Waals surface area (Å²) < 4.78 is 0. The molecule has 36 N–H and O–H groups in total. The third-order valence-electron chi connectivity index (χ3n) is 0.667. The second kappa shape index (κ2) is 56.6. The number of hydrogen-bond donors (Lipinski definition) is 8. The molecule has 0 aromatic rings. The predicted octanol–water partition coefficient (Wildman–Crippen LogP) is -12.7. The molecule has 0 atom stereocenters. The van der Waals surface area contributed by atoms with E-state index in [1.54, 1.807) is 0 Å². The summed E-state index contributed by atoms with van der Waals surface area (Å²) in [4.78, 5) is 71.4. The van der Waals surface area contributed by atoms with Crippen LogP contribution in [0.5, 0.6) is 0 Å². The summed E-state index contributed by atoms with van der Waals surface area (Å²) in [5.41, 5.74) is 0. The first-order chi connectivity index (χ1) is 10.6. The van der Waals surface area contributed by atoms with Gasteiger partial charge in [-0.25, -0.2) is 0 Å². The van der Waals surface area contributed by atoms with Crippen molar-refractivity contribution in [2.75, 3.05) is 0 Å². The first kappa shape index (κ1) is 100. The summed E-state index contributed by atoms with van der Waals surface area (Å²) >= 11 is 0. The minimum Gasteiger partial charge on any atom is -0.543 e. The van der Waals surface area contributed by atoms with Gasteiger partial charge in [-0.3, -0.25) is 0 Å². The zero-order valence-electron chi connectivity index (χ0n) is 19.5. The van der Waals surface area contributed by atoms with Gasteiger partial charge in [0.2, 0.25) is 0 Å². The van der Waals surface area contributed by atoms with Crippen LogP contribution in [0.2, 0.25) is 0 Å². The molecule has 0 aliphatic rings. The van der Waals surface area contributed by atoms with Gasteiger partial charge >= 0.3 is 0 Å². The van der Waals surface area contributed by atoms with Crippen molar-refractivity contribution in [1.29, 1.82) is 0 Å². The number of carboxylic acid groups (broad SMARTS) is 8. The van der Waals surface area contributed by atoms with E-state index in [2.05, 4.69) is 0 Å². The normalized spacial score (nSPS) is 5.18. The van der Waals surface area contributed by atoms with Gasteiger partial charge in [0.05, 0.1) is 47.8 Å². The number of quaternary nitrogens is 8. The lowest BCUT2D eigenvalue weighted by Crippen LogP contribution is -2.42. The average molecular weight is 532 g/mol. The van der Waals surface area contributed by atoms with Gasteiger partial charge in [-0.05, 0) is 0 Å². The molecule has 0 aliphatic heterocycles. The molecule has 34 heavy (non-hydrogen) atoms. The van der Waals surface area contributed by atoms with Crippen LogP contribution in [0.25, 0.3) is 0 Å². The van der Waals surface area contributed by atoms with E-state index in [1.165, 1.54) is 0 Å². The second-order valence-electron chi connectivity index (χ2n) is 2.30. The SMILES string of the molecule is O.O.O=C([O-])C(=O)[O-].O=C([O-])C(=O)[O-].O=C([O-])C(=O)[O-].O=C([O-])C(=O)[O-].[NH4+].[NH4+].[NH4+].[NH4+].[NH4+].[NH4+].[NH4+].[NH4+]. The van der Waals surface area contributed by atoms with Crippen LogP contribution in [0.4, 0.5) is 0 Å². The van der Waals surface area contributed by atoms with Crippen LogP contribution in [0.3, 0.4) is 0 Å². The van der Waals surface area contributed by atoms with Gasteiger partial charge in [0.15, 0.2) is 0 Å². The van der Waals surface area contributed by atoms with Crippen molar-refractivity contribution in [3.63, 3.8) is 0 Å². The lowest BCUT2D eigenvalue weighted by molar-refractivity contribution is -0.345. The Kier molecular flexibility index (Phi) is 167. The molecule has 0 fully saturated rings. The van der Waals surface area contributed by atoms with Gasteiger partial charge in [-0.2, -0.15) is 0 Å². The number of carbonyl (C=O) groups is 8. The first-order valence-electron chi connectivity index (χ1n) is 4.27. The fourth-order valence-electron chi connectivity index (χ4n) is 0. The third-order valence-corrected chi connectivity index (χ3v) is 0.667. The van der Waals surface area contributed by atoms with Crippen LogP contribution in [0.15, 0.2) is 0 Å². The number of carbonyl (C=O) groups excluding carboxylic acids is 8. The lowest BCUT2D eigenvalue weighted by atomic mass is 10.7. The highest BCUT2D eigenvalue weighted by atomic mass is 16.5. The van der Waals surface area contributed by atoms with Crippen molar-refractivity contribution >= 4 is 47.8 Å². The smallest absolute Gasteiger partial charge is 0.0870 e. The maximum absolute atomic E-state index is 8.93. The summed E-state index contributed by atoms with van der Waals surface area (Å²) in [5.74, 6) is -17.5. The van der Waals surface area contributed by atoms with Gasteiger partial charge in [-0.15, -0.1) is 0 Å². The monoisotopic (exact) mass is 532 g/mol. The highest BCUT2D eigenvalue weighted by molar-refractivity contribution is 6.26. The van der Waals surface area contributed by atoms with Gasteiger partial charge < -0.3 is 139 Å². The molecule has 0 amide bonds. The Labute approximate surface area is 188 Å². The Balaban J connectivity index is -0.0000000119. The van der Waals surface area contributed by atoms with Crippen molar-refractivity contribution in [3.8, 4) is 0 Å². The molecule has 0 aromatic carbocycles. The van der Waals surface area contributed by atoms with E-state index >= 15 is 0 Å². The Morgan fingerprint density at radius 2 is 0.265 bits per heavy atom. The van der Waals surface area contributed by atoms with Crippen molar-refractivity contribution in [3.05, 3.63) is 0 Å². The molecule has 0 spiro atoms. The molecule has 0 aromatic heterocycles. The Bertz CT molecular complexity index is 410. The molecule has 0 aliphatic carbocycles. The van der Waals surface area contributed by atoms with E-state index in [1.807, 2.05) is 0 Å². The standard InChI is InChI=1S/4C2H2O4.8H3N.2H2O/c4*3-1(4)2(5)6;;;;;;;;;;/h4*(H,3,4)(H,5,6);8*1H3;2*1H2. The lowest BCUT2D eigenvalue weighted by Gasteiger charge is -1.97. The van der Waals surface area contributed by atoms with E-state index in [4.69, 9.17) is 79.2 Å². The van der Waals surface area contributed by atoms with E-state index in [0.29, 0.717) is 0 Å². The summed E-state index contributed by atoms with van der Waals surface area (Å²) in [6.45, 7) is 0. The summed E-state index contributed by atoms with van der Waals surface area (Å²) in [5, 5.41) is 71.4. The molecule has 0 bridgehead atoms. The fourth-order valence-corrected chi connectivity index (χ4v) is 0. The molecule has 0 radical (unpaired) electrons. The maximum atomic E-state index is 8.93. The summed E-state index contributed by atoms with van der Waals surface area (Å²) in [7, 11) is 0. The summed E-state index contributed by atoms with van der Waals surface area (Å²) in [6, 6.07) is 0. The number of rotatable bonds is 0. The molecule has 216 valence electrons. The van der Waals surface area contributed by atoms with Gasteiger partial charge in [0, 0.05) is 0 Å². The second-order valence-corrected chi connectivity index (χ2v) is 2.30.